The van der Waals surface area contributed by atoms with Gasteiger partial charge in [-0.05, 0) is 29.8 Å². The molecule has 0 bridgehead atoms. The Labute approximate surface area is 129 Å². The molecule has 104 valence electrons. The standard InChI is InChI=1S/C15H12BrClFNO/c16-9-2-3-10-13(19)7-14(20-15(10)6-9)8-1-4-12(18)11(17)5-8/h1-6,13-14H,7,19H2/t13-,14?/m0/s1. The van der Waals surface area contributed by atoms with Crippen molar-refractivity contribution in [2.45, 2.75) is 18.6 Å². The van der Waals surface area contributed by atoms with Crippen LogP contribution in [0.4, 0.5) is 4.39 Å². The van der Waals surface area contributed by atoms with E-state index in [9.17, 15) is 4.39 Å². The molecule has 2 aromatic carbocycles. The zero-order chi connectivity index (χ0) is 14.3. The van der Waals surface area contributed by atoms with Crippen LogP contribution in [0, 0.1) is 5.82 Å². The minimum absolute atomic E-state index is 0.0970. The first-order valence-electron chi connectivity index (χ1n) is 6.21. The second-order valence-corrected chi connectivity index (χ2v) is 6.13. The fourth-order valence-corrected chi connectivity index (χ4v) is 2.92. The van der Waals surface area contributed by atoms with Crippen molar-refractivity contribution in [3.05, 3.63) is 62.8 Å². The quantitative estimate of drug-likeness (QED) is 0.799. The van der Waals surface area contributed by atoms with Gasteiger partial charge in [-0.3, -0.25) is 0 Å². The molecule has 0 saturated heterocycles. The molecule has 20 heavy (non-hydrogen) atoms. The summed E-state index contributed by atoms with van der Waals surface area (Å²) >= 11 is 9.24. The molecule has 3 rings (SSSR count). The normalized spacial score (nSPS) is 21.2. The molecule has 2 N–H and O–H groups in total. The highest BCUT2D eigenvalue weighted by Gasteiger charge is 2.27. The Morgan fingerprint density at radius 3 is 2.80 bits per heavy atom. The number of ether oxygens (including phenoxy) is 1. The Morgan fingerprint density at radius 1 is 1.25 bits per heavy atom. The topological polar surface area (TPSA) is 35.2 Å². The Bertz CT molecular complexity index is 664. The summed E-state index contributed by atoms with van der Waals surface area (Å²) in [6.45, 7) is 0. The highest BCUT2D eigenvalue weighted by Crippen LogP contribution is 2.41. The monoisotopic (exact) mass is 355 g/mol. The lowest BCUT2D eigenvalue weighted by atomic mass is 9.93. The highest BCUT2D eigenvalue weighted by molar-refractivity contribution is 9.10. The fraction of sp³-hybridized carbons (Fsp3) is 0.200. The summed E-state index contributed by atoms with van der Waals surface area (Å²) in [4.78, 5) is 0. The number of rotatable bonds is 1. The van der Waals surface area contributed by atoms with Crippen LogP contribution < -0.4 is 10.5 Å². The lowest BCUT2D eigenvalue weighted by molar-refractivity contribution is 0.161. The van der Waals surface area contributed by atoms with Gasteiger partial charge in [-0.15, -0.1) is 0 Å². The maximum Gasteiger partial charge on any atom is 0.141 e. The minimum Gasteiger partial charge on any atom is -0.485 e. The lowest BCUT2D eigenvalue weighted by Gasteiger charge is -2.30. The van der Waals surface area contributed by atoms with Crippen molar-refractivity contribution in [3.8, 4) is 5.75 Å². The van der Waals surface area contributed by atoms with Crippen LogP contribution in [0.5, 0.6) is 5.75 Å². The second-order valence-electron chi connectivity index (χ2n) is 4.80. The van der Waals surface area contributed by atoms with E-state index in [-0.39, 0.29) is 17.2 Å². The second kappa shape index (κ2) is 5.35. The summed E-state index contributed by atoms with van der Waals surface area (Å²) in [6, 6.07) is 10.3. The van der Waals surface area contributed by atoms with Crippen LogP contribution in [0.3, 0.4) is 0 Å². The van der Waals surface area contributed by atoms with Crippen LogP contribution >= 0.6 is 27.5 Å². The molecular formula is C15H12BrClFNO. The van der Waals surface area contributed by atoms with Gasteiger partial charge in [0.25, 0.3) is 0 Å². The van der Waals surface area contributed by atoms with E-state index in [0.29, 0.717) is 6.42 Å². The maximum atomic E-state index is 13.2. The lowest BCUT2D eigenvalue weighted by Crippen LogP contribution is -2.24. The molecule has 2 nitrogen and oxygen atoms in total. The SMILES string of the molecule is N[C@H]1CC(c2ccc(F)c(Cl)c2)Oc2cc(Br)ccc21. The molecule has 5 heteroatoms. The molecule has 2 aromatic rings. The third-order valence-corrected chi connectivity index (χ3v) is 4.21. The molecule has 0 radical (unpaired) electrons. The van der Waals surface area contributed by atoms with E-state index in [2.05, 4.69) is 15.9 Å². The third kappa shape index (κ3) is 2.55. The van der Waals surface area contributed by atoms with Crippen molar-refractivity contribution in [3.63, 3.8) is 0 Å². The van der Waals surface area contributed by atoms with Gasteiger partial charge in [0.1, 0.15) is 17.7 Å². The van der Waals surface area contributed by atoms with Crippen LogP contribution in [0.25, 0.3) is 0 Å². The third-order valence-electron chi connectivity index (χ3n) is 3.43. The van der Waals surface area contributed by atoms with Crippen molar-refractivity contribution in [2.24, 2.45) is 5.73 Å². The van der Waals surface area contributed by atoms with Gasteiger partial charge in [-0.1, -0.05) is 39.7 Å². The summed E-state index contributed by atoms with van der Waals surface area (Å²) in [5, 5.41) is 0.0970. The van der Waals surface area contributed by atoms with Crippen LogP contribution in [-0.2, 0) is 0 Å². The first-order chi connectivity index (χ1) is 9.54. The Balaban J connectivity index is 1.96. The molecule has 0 aromatic heterocycles. The smallest absolute Gasteiger partial charge is 0.141 e. The summed E-state index contributed by atoms with van der Waals surface area (Å²) in [7, 11) is 0. The summed E-state index contributed by atoms with van der Waals surface area (Å²) < 4.78 is 20.1. The van der Waals surface area contributed by atoms with Gasteiger partial charge >= 0.3 is 0 Å². The number of benzene rings is 2. The molecule has 0 saturated carbocycles. The van der Waals surface area contributed by atoms with Crippen LogP contribution in [-0.4, -0.2) is 0 Å². The average molecular weight is 357 g/mol. The van der Waals surface area contributed by atoms with Gasteiger partial charge in [0, 0.05) is 22.5 Å². The zero-order valence-electron chi connectivity index (χ0n) is 10.4. The first-order valence-corrected chi connectivity index (χ1v) is 7.38. The number of halogens is 3. The van der Waals surface area contributed by atoms with E-state index in [1.807, 2.05) is 18.2 Å². The van der Waals surface area contributed by atoms with Crippen molar-refractivity contribution in [2.75, 3.05) is 0 Å². The maximum absolute atomic E-state index is 13.2. The molecule has 1 unspecified atom stereocenters. The van der Waals surface area contributed by atoms with Crippen LogP contribution in [0.2, 0.25) is 5.02 Å². The Morgan fingerprint density at radius 2 is 2.05 bits per heavy atom. The number of nitrogens with two attached hydrogens (primary N) is 1. The summed E-state index contributed by atoms with van der Waals surface area (Å²) in [5.74, 6) is 0.322. The number of fused-ring (bicyclic) bond motifs is 1. The van der Waals surface area contributed by atoms with Gasteiger partial charge in [0.2, 0.25) is 0 Å². The van der Waals surface area contributed by atoms with Gasteiger partial charge < -0.3 is 10.5 Å². The molecule has 1 aliphatic rings. The van der Waals surface area contributed by atoms with E-state index in [4.69, 9.17) is 22.1 Å². The van der Waals surface area contributed by atoms with Gasteiger partial charge in [-0.2, -0.15) is 0 Å². The molecule has 2 atom stereocenters. The van der Waals surface area contributed by atoms with Crippen molar-refractivity contribution in [1.82, 2.24) is 0 Å². The summed E-state index contributed by atoms with van der Waals surface area (Å²) in [6.07, 6.45) is 0.418. The number of hydrogen-bond acceptors (Lipinski definition) is 2. The molecule has 1 aliphatic heterocycles. The van der Waals surface area contributed by atoms with Crippen molar-refractivity contribution in [1.29, 1.82) is 0 Å². The number of hydrogen-bond donors (Lipinski definition) is 1. The fourth-order valence-electron chi connectivity index (χ4n) is 2.39. The molecule has 0 fully saturated rings. The molecule has 0 spiro atoms. The van der Waals surface area contributed by atoms with E-state index >= 15 is 0 Å². The summed E-state index contributed by atoms with van der Waals surface area (Å²) in [5.41, 5.74) is 8.00. The van der Waals surface area contributed by atoms with E-state index in [1.165, 1.54) is 6.07 Å². The van der Waals surface area contributed by atoms with Gasteiger partial charge in [0.05, 0.1) is 5.02 Å². The molecule has 1 heterocycles. The van der Waals surface area contributed by atoms with Crippen LogP contribution in [0.1, 0.15) is 29.7 Å². The zero-order valence-corrected chi connectivity index (χ0v) is 12.8. The van der Waals surface area contributed by atoms with Crippen molar-refractivity contribution >= 4 is 27.5 Å². The Kier molecular flexibility index (Phi) is 3.71. The highest BCUT2D eigenvalue weighted by atomic mass is 79.9. The van der Waals surface area contributed by atoms with Gasteiger partial charge in [0.15, 0.2) is 0 Å². The average Bonchev–Trinajstić information content (AvgIpc) is 2.41. The Hall–Kier alpha value is -1.10. The largest absolute Gasteiger partial charge is 0.485 e. The molecule has 0 amide bonds. The van der Waals surface area contributed by atoms with E-state index < -0.39 is 5.82 Å². The molecular weight excluding hydrogens is 345 g/mol. The first kappa shape index (κ1) is 13.9. The molecule has 0 aliphatic carbocycles. The van der Waals surface area contributed by atoms with Crippen molar-refractivity contribution < 1.29 is 9.13 Å². The predicted molar refractivity (Wildman–Crippen MR) is 80.5 cm³/mol. The van der Waals surface area contributed by atoms with E-state index in [0.717, 1.165) is 21.3 Å². The van der Waals surface area contributed by atoms with Gasteiger partial charge in [-0.25, -0.2) is 4.39 Å². The van der Waals surface area contributed by atoms with E-state index in [1.54, 1.807) is 12.1 Å². The van der Waals surface area contributed by atoms with Crippen LogP contribution in [0.15, 0.2) is 40.9 Å². The predicted octanol–water partition coefficient (Wildman–Crippen LogP) is 4.77. The minimum atomic E-state index is -0.432.